The SMILES string of the molecule is C[N+]1(CC2CC2)CCC23CC(O)CCC2(O)C1Cc1ccc(C(N)=S)c(O)c13. The highest BCUT2D eigenvalue weighted by molar-refractivity contribution is 7.80. The lowest BCUT2D eigenvalue weighted by atomic mass is 9.48. The molecule has 0 spiro atoms. The van der Waals surface area contributed by atoms with Crippen LogP contribution in [-0.2, 0) is 11.8 Å². The van der Waals surface area contributed by atoms with Gasteiger partial charge in [-0.25, -0.2) is 0 Å². The molecule has 1 saturated heterocycles. The Morgan fingerprint density at radius 2 is 2.04 bits per heavy atom. The molecule has 5 nitrogen and oxygen atoms in total. The third-order valence-electron chi connectivity index (χ3n) is 8.42. The fourth-order valence-electron chi connectivity index (χ4n) is 6.91. The summed E-state index contributed by atoms with van der Waals surface area (Å²) in [5.74, 6) is 0.899. The number of fused-ring (bicyclic) bond motifs is 1. The molecule has 5 atom stereocenters. The lowest BCUT2D eigenvalue weighted by Crippen LogP contribution is -2.78. The number of benzene rings is 1. The first kappa shape index (κ1) is 18.8. The molecule has 3 aliphatic carbocycles. The Balaban J connectivity index is 1.72. The van der Waals surface area contributed by atoms with E-state index in [1.54, 1.807) is 0 Å². The minimum absolute atomic E-state index is 0.0944. The minimum Gasteiger partial charge on any atom is -0.507 e. The average molecular weight is 404 g/mol. The second-order valence-corrected chi connectivity index (χ2v) is 10.5. The molecule has 0 radical (unpaired) electrons. The molecule has 0 aromatic heterocycles. The standard InChI is InChI=1S/C22H30N2O3S/c1-24(12-13-2-3-13)9-8-21-11-15(25)6-7-22(21,27)17(24)10-14-4-5-16(20(23)28)19(26)18(14)21/h4-5,13,15,17,25,27H,2-3,6-12H2,1H3,(H2-,23,26,28)/p+1. The second kappa shape index (κ2) is 5.91. The van der Waals surface area contributed by atoms with Crippen LogP contribution in [0.15, 0.2) is 12.1 Å². The van der Waals surface area contributed by atoms with Crippen LogP contribution in [0.4, 0.5) is 0 Å². The number of rotatable bonds is 3. The fraction of sp³-hybridized carbons (Fsp3) is 0.682. The van der Waals surface area contributed by atoms with Crippen LogP contribution in [0.1, 0.15) is 55.2 Å². The molecule has 2 bridgehead atoms. The van der Waals surface area contributed by atoms with E-state index in [1.807, 2.05) is 12.1 Å². The largest absolute Gasteiger partial charge is 0.507 e. The number of piperidine rings is 1. The van der Waals surface area contributed by atoms with Crippen molar-refractivity contribution in [3.05, 3.63) is 28.8 Å². The Kier molecular flexibility index (Phi) is 3.97. The maximum absolute atomic E-state index is 12.2. The number of phenolic OH excluding ortho intramolecular Hbond substituents is 1. The van der Waals surface area contributed by atoms with Crippen molar-refractivity contribution >= 4 is 17.2 Å². The number of hydrogen-bond acceptors (Lipinski definition) is 4. The van der Waals surface area contributed by atoms with E-state index >= 15 is 0 Å². The van der Waals surface area contributed by atoms with Crippen molar-refractivity contribution in [1.82, 2.24) is 0 Å². The minimum atomic E-state index is -0.923. The number of quaternary nitrogens is 1. The summed E-state index contributed by atoms with van der Waals surface area (Å²) < 4.78 is 0.899. The maximum Gasteiger partial charge on any atom is 0.129 e. The third-order valence-corrected chi connectivity index (χ3v) is 8.64. The summed E-state index contributed by atoms with van der Waals surface area (Å²) in [7, 11) is 2.31. The van der Waals surface area contributed by atoms with Crippen LogP contribution in [0.25, 0.3) is 0 Å². The predicted octanol–water partition coefficient (Wildman–Crippen LogP) is 1.73. The van der Waals surface area contributed by atoms with Gasteiger partial charge in [0.1, 0.15) is 22.4 Å². The number of aliphatic hydroxyl groups is 2. The molecule has 2 saturated carbocycles. The van der Waals surface area contributed by atoms with Gasteiger partial charge in [0.25, 0.3) is 0 Å². The van der Waals surface area contributed by atoms with E-state index in [9.17, 15) is 15.3 Å². The van der Waals surface area contributed by atoms with Gasteiger partial charge in [-0.3, -0.25) is 0 Å². The first-order valence-corrected chi connectivity index (χ1v) is 11.0. The Hall–Kier alpha value is -1.21. The van der Waals surface area contributed by atoms with Gasteiger partial charge in [0, 0.05) is 29.7 Å². The van der Waals surface area contributed by atoms with Crippen LogP contribution < -0.4 is 5.73 Å². The topological polar surface area (TPSA) is 86.7 Å². The smallest absolute Gasteiger partial charge is 0.129 e. The lowest BCUT2D eigenvalue weighted by molar-refractivity contribution is -0.950. The van der Waals surface area contributed by atoms with Crippen molar-refractivity contribution < 1.29 is 19.8 Å². The first-order chi connectivity index (χ1) is 13.2. The highest BCUT2D eigenvalue weighted by atomic mass is 32.1. The molecule has 1 heterocycles. The van der Waals surface area contributed by atoms with E-state index in [-0.39, 0.29) is 16.8 Å². The predicted molar refractivity (Wildman–Crippen MR) is 111 cm³/mol. The van der Waals surface area contributed by atoms with Crippen LogP contribution >= 0.6 is 12.2 Å². The van der Waals surface area contributed by atoms with Gasteiger partial charge in [0.15, 0.2) is 0 Å². The number of aliphatic hydroxyl groups excluding tert-OH is 1. The van der Waals surface area contributed by atoms with Crippen LogP contribution in [0.2, 0.25) is 0 Å². The number of aromatic hydroxyl groups is 1. The Bertz CT molecular complexity index is 856. The summed E-state index contributed by atoms with van der Waals surface area (Å²) in [5, 5.41) is 34.0. The summed E-state index contributed by atoms with van der Waals surface area (Å²) in [6, 6.07) is 3.94. The van der Waals surface area contributed by atoms with Gasteiger partial charge in [0.2, 0.25) is 0 Å². The number of nitrogens with two attached hydrogens (primary N) is 1. The molecule has 28 heavy (non-hydrogen) atoms. The number of nitrogens with zero attached hydrogens (tertiary/aromatic N) is 1. The molecule has 0 amide bonds. The van der Waals surface area contributed by atoms with Crippen LogP contribution in [0.5, 0.6) is 5.75 Å². The van der Waals surface area contributed by atoms with Crippen molar-refractivity contribution in [2.45, 2.75) is 68.1 Å². The number of likely N-dealkylation sites (tertiary alicyclic amines) is 1. The van der Waals surface area contributed by atoms with Crippen molar-refractivity contribution in [1.29, 1.82) is 0 Å². The highest BCUT2D eigenvalue weighted by Gasteiger charge is 2.70. The fourth-order valence-corrected chi connectivity index (χ4v) is 7.08. The molecule has 152 valence electrons. The van der Waals surface area contributed by atoms with Gasteiger partial charge in [-0.05, 0) is 43.7 Å². The molecule has 5 rings (SSSR count). The molecular formula is C22H31N2O3S+. The molecule has 1 aliphatic heterocycles. The van der Waals surface area contributed by atoms with Gasteiger partial charge in [0.05, 0.1) is 31.8 Å². The second-order valence-electron chi connectivity index (χ2n) is 10.1. The van der Waals surface area contributed by atoms with Gasteiger partial charge >= 0.3 is 0 Å². The molecule has 1 aromatic carbocycles. The zero-order chi connectivity index (χ0) is 19.9. The zero-order valence-corrected chi connectivity index (χ0v) is 17.3. The zero-order valence-electron chi connectivity index (χ0n) is 16.5. The van der Waals surface area contributed by atoms with Crippen molar-refractivity contribution in [2.24, 2.45) is 11.7 Å². The van der Waals surface area contributed by atoms with E-state index in [4.69, 9.17) is 18.0 Å². The number of thiocarbonyl (C=S) groups is 1. The summed E-state index contributed by atoms with van der Waals surface area (Å²) >= 11 is 5.16. The van der Waals surface area contributed by atoms with E-state index in [2.05, 4.69) is 7.05 Å². The highest BCUT2D eigenvalue weighted by Crippen LogP contribution is 2.62. The van der Waals surface area contributed by atoms with Crippen molar-refractivity contribution in [3.8, 4) is 5.75 Å². The van der Waals surface area contributed by atoms with Gasteiger partial charge in [-0.15, -0.1) is 0 Å². The van der Waals surface area contributed by atoms with E-state index in [0.29, 0.717) is 24.8 Å². The summed E-state index contributed by atoms with van der Waals surface area (Å²) in [6.07, 6.45) is 5.34. The molecule has 5 N–H and O–H groups in total. The summed E-state index contributed by atoms with van der Waals surface area (Å²) in [4.78, 5) is 0.170. The summed E-state index contributed by atoms with van der Waals surface area (Å²) in [6.45, 7) is 2.09. The molecule has 1 aromatic rings. The van der Waals surface area contributed by atoms with E-state index in [0.717, 1.165) is 47.5 Å². The normalized spacial score (nSPS) is 41.8. The van der Waals surface area contributed by atoms with Crippen molar-refractivity contribution in [2.75, 3.05) is 20.1 Å². The molecule has 5 unspecified atom stereocenters. The van der Waals surface area contributed by atoms with Gasteiger partial charge in [-0.1, -0.05) is 18.3 Å². The lowest BCUT2D eigenvalue weighted by Gasteiger charge is -2.66. The molecule has 4 aliphatic rings. The van der Waals surface area contributed by atoms with Crippen molar-refractivity contribution in [3.63, 3.8) is 0 Å². The Morgan fingerprint density at radius 1 is 1.29 bits per heavy atom. The molecule has 6 heteroatoms. The van der Waals surface area contributed by atoms with E-state index < -0.39 is 17.1 Å². The van der Waals surface area contributed by atoms with Crippen LogP contribution in [0, 0.1) is 5.92 Å². The van der Waals surface area contributed by atoms with Crippen LogP contribution in [0.3, 0.4) is 0 Å². The van der Waals surface area contributed by atoms with Gasteiger partial charge in [-0.2, -0.15) is 0 Å². The van der Waals surface area contributed by atoms with Crippen LogP contribution in [-0.4, -0.2) is 62.7 Å². The Morgan fingerprint density at radius 3 is 2.71 bits per heavy atom. The monoisotopic (exact) mass is 403 g/mol. The quantitative estimate of drug-likeness (QED) is 0.456. The average Bonchev–Trinajstić information content (AvgIpc) is 3.43. The first-order valence-electron chi connectivity index (χ1n) is 10.6. The molecular weight excluding hydrogens is 372 g/mol. The molecule has 3 fully saturated rings. The van der Waals surface area contributed by atoms with E-state index in [1.165, 1.54) is 12.8 Å². The number of likely N-dealkylation sites (N-methyl/N-ethyl adjacent to an activating group) is 1. The summed E-state index contributed by atoms with van der Waals surface area (Å²) in [5.41, 5.74) is 6.67. The third kappa shape index (κ3) is 2.38. The maximum atomic E-state index is 12.2. The Labute approximate surface area is 171 Å². The number of phenols is 1. The van der Waals surface area contributed by atoms with Gasteiger partial charge < -0.3 is 25.5 Å². The number of hydrogen-bond donors (Lipinski definition) is 4.